The van der Waals surface area contributed by atoms with Crippen molar-refractivity contribution >= 4 is 16.9 Å². The number of carbonyl (C=O) groups is 1. The Morgan fingerprint density at radius 2 is 1.68 bits per heavy atom. The number of pyridine rings is 1. The predicted octanol–water partition coefficient (Wildman–Crippen LogP) is 5.38. The standard InChI is InChI=1S/C28H27N5O/c1-19-6-8-23(9-7-19)25-14-15-29-28-27(25)21(3)31-33(28)18-26(34)30-20(2)22-10-12-24(13-11-22)32-16-4-5-17-32/h4-17,20H,18H2,1-3H3,(H,30,34). The smallest absolute Gasteiger partial charge is 0.242 e. The second-order valence-corrected chi connectivity index (χ2v) is 8.64. The molecule has 6 nitrogen and oxygen atoms in total. The quantitative estimate of drug-likeness (QED) is 0.378. The number of rotatable bonds is 6. The highest BCUT2D eigenvalue weighted by Crippen LogP contribution is 2.30. The Labute approximate surface area is 198 Å². The second kappa shape index (κ2) is 8.98. The van der Waals surface area contributed by atoms with Crippen molar-refractivity contribution in [3.8, 4) is 16.8 Å². The third kappa shape index (κ3) is 4.22. The summed E-state index contributed by atoms with van der Waals surface area (Å²) in [5, 5.41) is 8.71. The molecule has 0 saturated carbocycles. The first-order valence-corrected chi connectivity index (χ1v) is 11.4. The van der Waals surface area contributed by atoms with Crippen molar-refractivity contribution in [1.29, 1.82) is 0 Å². The van der Waals surface area contributed by atoms with Crippen LogP contribution >= 0.6 is 0 Å². The van der Waals surface area contributed by atoms with Crippen LogP contribution in [0.1, 0.15) is 29.8 Å². The molecule has 1 amide bonds. The lowest BCUT2D eigenvalue weighted by Gasteiger charge is -2.15. The van der Waals surface area contributed by atoms with Crippen molar-refractivity contribution in [2.45, 2.75) is 33.4 Å². The highest BCUT2D eigenvalue weighted by molar-refractivity contribution is 5.95. The lowest BCUT2D eigenvalue weighted by atomic mass is 10.0. The summed E-state index contributed by atoms with van der Waals surface area (Å²) in [4.78, 5) is 17.4. The molecule has 0 aliphatic rings. The fourth-order valence-electron chi connectivity index (χ4n) is 4.31. The molecule has 170 valence electrons. The number of amides is 1. The molecule has 3 aromatic heterocycles. The van der Waals surface area contributed by atoms with Gasteiger partial charge in [-0.05, 0) is 67.8 Å². The molecule has 0 fully saturated rings. The van der Waals surface area contributed by atoms with Gasteiger partial charge in [0.15, 0.2) is 5.65 Å². The summed E-state index contributed by atoms with van der Waals surface area (Å²) in [5.41, 5.74) is 7.11. The average molecular weight is 450 g/mol. The molecule has 1 N–H and O–H groups in total. The SMILES string of the molecule is Cc1ccc(-c2ccnc3c2c(C)nn3CC(=O)NC(C)c2ccc(-n3cccc3)cc2)cc1. The number of hydrogen-bond donors (Lipinski definition) is 1. The van der Waals surface area contributed by atoms with Gasteiger partial charge in [-0.25, -0.2) is 9.67 Å². The molecule has 0 aliphatic carbocycles. The minimum atomic E-state index is -0.120. The lowest BCUT2D eigenvalue weighted by molar-refractivity contribution is -0.122. The van der Waals surface area contributed by atoms with Crippen LogP contribution in [0.4, 0.5) is 0 Å². The molecule has 0 saturated heterocycles. The van der Waals surface area contributed by atoms with E-state index in [9.17, 15) is 4.79 Å². The van der Waals surface area contributed by atoms with Crippen LogP contribution in [0.25, 0.3) is 27.8 Å². The number of benzene rings is 2. The molecular formula is C28H27N5O. The summed E-state index contributed by atoms with van der Waals surface area (Å²) in [6, 6.07) is 22.5. The van der Waals surface area contributed by atoms with Crippen molar-refractivity contribution < 1.29 is 4.79 Å². The van der Waals surface area contributed by atoms with Crippen molar-refractivity contribution in [2.75, 3.05) is 0 Å². The Bertz CT molecular complexity index is 1430. The number of nitrogens with one attached hydrogen (secondary N) is 1. The Morgan fingerprint density at radius 1 is 0.971 bits per heavy atom. The molecule has 2 aromatic carbocycles. The Balaban J connectivity index is 1.33. The van der Waals surface area contributed by atoms with E-state index >= 15 is 0 Å². The first-order valence-electron chi connectivity index (χ1n) is 11.4. The average Bonchev–Trinajstić information content (AvgIpc) is 3.48. The van der Waals surface area contributed by atoms with Gasteiger partial charge in [-0.3, -0.25) is 4.79 Å². The monoisotopic (exact) mass is 449 g/mol. The van der Waals surface area contributed by atoms with Gasteiger partial charge in [-0.2, -0.15) is 5.10 Å². The zero-order valence-electron chi connectivity index (χ0n) is 19.6. The first-order chi connectivity index (χ1) is 16.5. The van der Waals surface area contributed by atoms with E-state index in [1.165, 1.54) is 5.56 Å². The van der Waals surface area contributed by atoms with Gasteiger partial charge in [0.2, 0.25) is 5.91 Å². The zero-order valence-corrected chi connectivity index (χ0v) is 19.6. The van der Waals surface area contributed by atoms with Crippen molar-refractivity contribution in [2.24, 2.45) is 0 Å². The van der Waals surface area contributed by atoms with Crippen molar-refractivity contribution in [3.05, 3.63) is 102 Å². The predicted molar refractivity (Wildman–Crippen MR) is 135 cm³/mol. The van der Waals surface area contributed by atoms with Gasteiger partial charge in [-0.1, -0.05) is 42.0 Å². The molecule has 34 heavy (non-hydrogen) atoms. The van der Waals surface area contributed by atoms with E-state index < -0.39 is 0 Å². The number of fused-ring (bicyclic) bond motifs is 1. The maximum atomic E-state index is 12.9. The molecule has 0 aliphatic heterocycles. The van der Waals surface area contributed by atoms with E-state index in [1.807, 2.05) is 56.6 Å². The fraction of sp³-hybridized carbons (Fsp3) is 0.179. The number of nitrogens with zero attached hydrogens (tertiary/aromatic N) is 4. The number of aryl methyl sites for hydroxylation is 2. The summed E-state index contributed by atoms with van der Waals surface area (Å²) in [6.45, 7) is 6.14. The van der Waals surface area contributed by atoms with Gasteiger partial charge in [-0.15, -0.1) is 0 Å². The second-order valence-electron chi connectivity index (χ2n) is 8.64. The zero-order chi connectivity index (χ0) is 23.7. The molecule has 0 radical (unpaired) electrons. The van der Waals surface area contributed by atoms with Gasteiger partial charge in [0.25, 0.3) is 0 Å². The van der Waals surface area contributed by atoms with Gasteiger partial charge < -0.3 is 9.88 Å². The van der Waals surface area contributed by atoms with Crippen LogP contribution in [0.3, 0.4) is 0 Å². The fourth-order valence-corrected chi connectivity index (χ4v) is 4.31. The molecule has 5 aromatic rings. The normalized spacial score (nSPS) is 12.1. The molecule has 1 atom stereocenters. The highest BCUT2D eigenvalue weighted by Gasteiger charge is 2.17. The summed E-state index contributed by atoms with van der Waals surface area (Å²) >= 11 is 0. The molecule has 0 spiro atoms. The van der Waals surface area contributed by atoms with Gasteiger partial charge in [0.1, 0.15) is 6.54 Å². The largest absolute Gasteiger partial charge is 0.348 e. The van der Waals surface area contributed by atoms with E-state index in [0.717, 1.165) is 39.1 Å². The lowest BCUT2D eigenvalue weighted by Crippen LogP contribution is -2.30. The van der Waals surface area contributed by atoms with Crippen LogP contribution in [0, 0.1) is 13.8 Å². The maximum absolute atomic E-state index is 12.9. The van der Waals surface area contributed by atoms with Crippen molar-refractivity contribution in [1.82, 2.24) is 24.6 Å². The van der Waals surface area contributed by atoms with Gasteiger partial charge in [0, 0.05) is 29.7 Å². The van der Waals surface area contributed by atoms with Crippen LogP contribution in [0.2, 0.25) is 0 Å². The van der Waals surface area contributed by atoms with Crippen LogP contribution in [0.15, 0.2) is 85.3 Å². The van der Waals surface area contributed by atoms with E-state index in [2.05, 4.69) is 63.3 Å². The van der Waals surface area contributed by atoms with Crippen LogP contribution in [0.5, 0.6) is 0 Å². The minimum Gasteiger partial charge on any atom is -0.348 e. The number of carbonyl (C=O) groups excluding carboxylic acids is 1. The van der Waals surface area contributed by atoms with Crippen LogP contribution in [-0.4, -0.2) is 25.2 Å². The van der Waals surface area contributed by atoms with Gasteiger partial charge >= 0.3 is 0 Å². The third-order valence-electron chi connectivity index (χ3n) is 6.14. The molecular weight excluding hydrogens is 422 g/mol. The molecule has 3 heterocycles. The Kier molecular flexibility index (Phi) is 5.72. The first kappa shape index (κ1) is 21.6. The molecule has 0 bridgehead atoms. The van der Waals surface area contributed by atoms with E-state index in [4.69, 9.17) is 0 Å². The third-order valence-corrected chi connectivity index (χ3v) is 6.14. The maximum Gasteiger partial charge on any atom is 0.242 e. The number of hydrogen-bond acceptors (Lipinski definition) is 3. The molecule has 6 heteroatoms. The summed E-state index contributed by atoms with van der Waals surface area (Å²) < 4.78 is 3.75. The van der Waals surface area contributed by atoms with E-state index in [1.54, 1.807) is 10.9 Å². The van der Waals surface area contributed by atoms with E-state index in [0.29, 0.717) is 0 Å². The topological polar surface area (TPSA) is 64.7 Å². The van der Waals surface area contributed by atoms with E-state index in [-0.39, 0.29) is 18.5 Å². The molecule has 1 unspecified atom stereocenters. The Morgan fingerprint density at radius 3 is 2.38 bits per heavy atom. The summed E-state index contributed by atoms with van der Waals surface area (Å²) in [7, 11) is 0. The highest BCUT2D eigenvalue weighted by atomic mass is 16.2. The summed E-state index contributed by atoms with van der Waals surface area (Å²) in [6.07, 6.45) is 5.80. The van der Waals surface area contributed by atoms with Crippen molar-refractivity contribution in [3.63, 3.8) is 0 Å². The van der Waals surface area contributed by atoms with Gasteiger partial charge in [0.05, 0.1) is 11.7 Å². The van der Waals surface area contributed by atoms with Crippen LogP contribution in [-0.2, 0) is 11.3 Å². The Hall–Kier alpha value is -4.19. The van der Waals surface area contributed by atoms with Crippen LogP contribution < -0.4 is 5.32 Å². The number of aromatic nitrogens is 4. The summed E-state index contributed by atoms with van der Waals surface area (Å²) in [5.74, 6) is -0.103. The minimum absolute atomic E-state index is 0.103. The molecule has 5 rings (SSSR count).